The SMILES string of the molecule is CCOC(=O)c1cc2cc(O)ccc2n1Cc1ccc(Cl)c(Cl)c1.CC[O-].[Na+]. The second-order valence-electron chi connectivity index (χ2n) is 5.62. The zero-order valence-electron chi connectivity index (χ0n) is 16.0. The van der Waals surface area contributed by atoms with E-state index in [2.05, 4.69) is 0 Å². The van der Waals surface area contributed by atoms with Gasteiger partial charge in [-0.05, 0) is 48.9 Å². The number of phenols is 1. The molecule has 2 aromatic carbocycles. The normalized spacial score (nSPS) is 10.0. The molecular formula is C20H20Cl2NNaO4. The van der Waals surface area contributed by atoms with Gasteiger partial charge in [-0.15, -0.1) is 6.61 Å². The van der Waals surface area contributed by atoms with Crippen molar-refractivity contribution in [2.45, 2.75) is 20.4 Å². The zero-order chi connectivity index (χ0) is 20.0. The molecule has 0 atom stereocenters. The maximum Gasteiger partial charge on any atom is 1.00 e. The van der Waals surface area contributed by atoms with Crippen molar-refractivity contribution in [2.24, 2.45) is 0 Å². The van der Waals surface area contributed by atoms with Crippen LogP contribution in [0.3, 0.4) is 0 Å². The predicted octanol–water partition coefficient (Wildman–Crippen LogP) is 1.25. The molecule has 3 aromatic rings. The Morgan fingerprint density at radius 2 is 1.79 bits per heavy atom. The molecule has 8 heteroatoms. The Morgan fingerprint density at radius 3 is 2.39 bits per heavy atom. The minimum absolute atomic E-state index is 0. The average Bonchev–Trinajstić information content (AvgIpc) is 2.97. The molecule has 0 fully saturated rings. The van der Waals surface area contributed by atoms with Gasteiger partial charge in [-0.25, -0.2) is 4.79 Å². The van der Waals surface area contributed by atoms with E-state index in [1.54, 1.807) is 50.2 Å². The van der Waals surface area contributed by atoms with Crippen molar-refractivity contribution in [3.8, 4) is 5.75 Å². The van der Waals surface area contributed by atoms with E-state index < -0.39 is 5.97 Å². The molecule has 0 saturated carbocycles. The van der Waals surface area contributed by atoms with Crippen LogP contribution in [0.1, 0.15) is 29.9 Å². The number of nitrogens with zero attached hydrogens (tertiary/aromatic N) is 1. The van der Waals surface area contributed by atoms with Gasteiger partial charge >= 0.3 is 35.5 Å². The van der Waals surface area contributed by atoms with Crippen LogP contribution < -0.4 is 34.7 Å². The van der Waals surface area contributed by atoms with Crippen LogP contribution >= 0.6 is 23.2 Å². The van der Waals surface area contributed by atoms with E-state index in [0.29, 0.717) is 28.9 Å². The number of phenolic OH excluding ortho intramolecular Hbond substituents is 1. The first-order valence-electron chi connectivity index (χ1n) is 8.42. The summed E-state index contributed by atoms with van der Waals surface area (Å²) in [6, 6.07) is 12.0. The van der Waals surface area contributed by atoms with Gasteiger partial charge in [0.1, 0.15) is 11.4 Å². The number of hydrogen-bond donors (Lipinski definition) is 1. The van der Waals surface area contributed by atoms with Crippen LogP contribution in [-0.4, -0.2) is 28.9 Å². The fourth-order valence-corrected chi connectivity index (χ4v) is 2.94. The molecule has 5 nitrogen and oxygen atoms in total. The predicted molar refractivity (Wildman–Crippen MR) is 106 cm³/mol. The first-order chi connectivity index (χ1) is 12.9. The summed E-state index contributed by atoms with van der Waals surface area (Å²) >= 11 is 12.0. The van der Waals surface area contributed by atoms with Gasteiger partial charge in [0.05, 0.1) is 16.7 Å². The number of ether oxygens (including phenoxy) is 1. The van der Waals surface area contributed by atoms with Crippen LogP contribution in [-0.2, 0) is 11.3 Å². The first-order valence-corrected chi connectivity index (χ1v) is 9.18. The number of carbonyl (C=O) groups is 1. The van der Waals surface area contributed by atoms with Gasteiger partial charge in [-0.2, -0.15) is 0 Å². The molecule has 3 rings (SSSR count). The van der Waals surface area contributed by atoms with Crippen LogP contribution in [0, 0.1) is 0 Å². The van der Waals surface area contributed by atoms with Crippen molar-refractivity contribution in [3.63, 3.8) is 0 Å². The smallest absolute Gasteiger partial charge is 0.855 e. The Bertz CT molecular complexity index is 943. The number of aromatic nitrogens is 1. The number of aromatic hydroxyl groups is 1. The second-order valence-corrected chi connectivity index (χ2v) is 6.43. The van der Waals surface area contributed by atoms with Gasteiger partial charge in [0.15, 0.2) is 0 Å². The summed E-state index contributed by atoms with van der Waals surface area (Å²) in [5.41, 5.74) is 2.14. The van der Waals surface area contributed by atoms with Gasteiger partial charge in [0, 0.05) is 17.4 Å². The first kappa shape index (κ1) is 24.8. The number of hydrogen-bond acceptors (Lipinski definition) is 4. The summed E-state index contributed by atoms with van der Waals surface area (Å²) < 4.78 is 6.98. The zero-order valence-corrected chi connectivity index (χ0v) is 19.5. The third-order valence-electron chi connectivity index (χ3n) is 3.69. The number of rotatable bonds is 4. The van der Waals surface area contributed by atoms with E-state index in [9.17, 15) is 9.90 Å². The van der Waals surface area contributed by atoms with Crippen molar-refractivity contribution in [1.82, 2.24) is 4.57 Å². The third-order valence-corrected chi connectivity index (χ3v) is 4.43. The monoisotopic (exact) mass is 431 g/mol. The van der Waals surface area contributed by atoms with Crippen molar-refractivity contribution in [3.05, 3.63) is 63.8 Å². The minimum atomic E-state index is -0.409. The molecule has 0 aliphatic heterocycles. The Labute approximate surface area is 196 Å². The minimum Gasteiger partial charge on any atom is -0.855 e. The molecule has 0 spiro atoms. The maximum absolute atomic E-state index is 12.3. The van der Waals surface area contributed by atoms with Gasteiger partial charge < -0.3 is 19.5 Å². The summed E-state index contributed by atoms with van der Waals surface area (Å²) in [6.45, 7) is 4.05. The van der Waals surface area contributed by atoms with Crippen molar-refractivity contribution in [2.75, 3.05) is 13.2 Å². The van der Waals surface area contributed by atoms with Crippen LogP contribution in [0.2, 0.25) is 10.0 Å². The van der Waals surface area contributed by atoms with Gasteiger partial charge in [-0.1, -0.05) is 36.2 Å². The molecule has 28 heavy (non-hydrogen) atoms. The third kappa shape index (κ3) is 6.14. The Kier molecular flexibility index (Phi) is 10.4. The number of carbonyl (C=O) groups excluding carboxylic acids is 1. The van der Waals surface area contributed by atoms with Crippen molar-refractivity contribution < 1.29 is 49.3 Å². The van der Waals surface area contributed by atoms with E-state index in [4.69, 9.17) is 33.0 Å². The van der Waals surface area contributed by atoms with Crippen LogP contribution in [0.15, 0.2) is 42.5 Å². The van der Waals surface area contributed by atoms with Crippen LogP contribution in [0.5, 0.6) is 5.75 Å². The van der Waals surface area contributed by atoms with E-state index in [-0.39, 0.29) is 41.9 Å². The number of esters is 1. The number of fused-ring (bicyclic) bond motifs is 1. The topological polar surface area (TPSA) is 74.5 Å². The molecular weight excluding hydrogens is 412 g/mol. The molecule has 0 amide bonds. The molecule has 144 valence electrons. The maximum atomic E-state index is 12.3. The molecule has 0 bridgehead atoms. The molecule has 0 unspecified atom stereocenters. The molecule has 0 saturated heterocycles. The summed E-state index contributed by atoms with van der Waals surface area (Å²) in [7, 11) is 0. The second kappa shape index (κ2) is 11.7. The van der Waals surface area contributed by atoms with Gasteiger partial charge in [-0.3, -0.25) is 0 Å². The summed E-state index contributed by atoms with van der Waals surface area (Å²) in [4.78, 5) is 12.3. The molecule has 0 aliphatic carbocycles. The fraction of sp³-hybridized carbons (Fsp3) is 0.250. The van der Waals surface area contributed by atoms with Crippen molar-refractivity contribution in [1.29, 1.82) is 0 Å². The van der Waals surface area contributed by atoms with Crippen molar-refractivity contribution >= 4 is 40.1 Å². The molecule has 1 heterocycles. The molecule has 0 radical (unpaired) electrons. The van der Waals surface area contributed by atoms with E-state index in [1.165, 1.54) is 0 Å². The number of halogens is 2. The van der Waals surface area contributed by atoms with Crippen LogP contribution in [0.4, 0.5) is 0 Å². The quantitative estimate of drug-likeness (QED) is 0.498. The van der Waals surface area contributed by atoms with Crippen LogP contribution in [0.25, 0.3) is 10.9 Å². The number of benzene rings is 2. The Morgan fingerprint density at radius 1 is 1.11 bits per heavy atom. The Hall–Kier alpha value is -1.21. The van der Waals surface area contributed by atoms with E-state index >= 15 is 0 Å². The summed E-state index contributed by atoms with van der Waals surface area (Å²) in [6.07, 6.45) is 0. The fourth-order valence-electron chi connectivity index (χ4n) is 2.62. The summed E-state index contributed by atoms with van der Waals surface area (Å²) in [5.74, 6) is -0.266. The molecule has 1 N–H and O–H groups in total. The largest absolute Gasteiger partial charge is 1.00 e. The summed E-state index contributed by atoms with van der Waals surface area (Å²) in [5, 5.41) is 20.3. The molecule has 1 aromatic heterocycles. The van der Waals surface area contributed by atoms with Gasteiger partial charge in [0.25, 0.3) is 0 Å². The van der Waals surface area contributed by atoms with Gasteiger partial charge in [0.2, 0.25) is 0 Å². The molecule has 0 aliphatic rings. The average molecular weight is 432 g/mol. The van der Waals surface area contributed by atoms with E-state index in [0.717, 1.165) is 16.5 Å². The Balaban J connectivity index is 0.000000921. The standard InChI is InChI=1S/C18H15Cl2NO3.C2H5O.Na/c1-2-24-18(23)17-9-12-8-13(22)4-6-16(12)21(17)10-11-3-5-14(19)15(20)7-11;1-2-3;/h3-9,22H,2,10H2,1H3;2H2,1H3;/q;-1;+1. The van der Waals surface area contributed by atoms with E-state index in [1.807, 2.05) is 10.6 Å².